The molecule has 0 radical (unpaired) electrons. The van der Waals surface area contributed by atoms with Crippen molar-refractivity contribution in [1.29, 1.82) is 0 Å². The van der Waals surface area contributed by atoms with Crippen LogP contribution in [-0.2, 0) is 4.79 Å². The first kappa shape index (κ1) is 19.8. The van der Waals surface area contributed by atoms with E-state index >= 15 is 0 Å². The average molecular weight is 398 g/mol. The first-order valence-corrected chi connectivity index (χ1v) is 9.90. The van der Waals surface area contributed by atoms with Crippen LogP contribution < -0.4 is 15.9 Å². The van der Waals surface area contributed by atoms with E-state index in [1.54, 1.807) is 0 Å². The van der Waals surface area contributed by atoms with Crippen LogP contribution in [0.5, 0.6) is 5.75 Å². The van der Waals surface area contributed by atoms with Crippen molar-refractivity contribution >= 4 is 23.4 Å². The first-order chi connectivity index (χ1) is 13.5. The second-order valence-electron chi connectivity index (χ2n) is 6.24. The topological polar surface area (TPSA) is 95.1 Å². The lowest BCUT2D eigenvalue weighted by Crippen LogP contribution is -2.17. The molecule has 0 bridgehead atoms. The van der Waals surface area contributed by atoms with Crippen molar-refractivity contribution in [2.45, 2.75) is 25.9 Å². The highest BCUT2D eigenvalue weighted by atomic mass is 32.2. The van der Waals surface area contributed by atoms with Crippen molar-refractivity contribution in [3.05, 3.63) is 53.6 Å². The molecule has 1 aromatic heterocycles. The van der Waals surface area contributed by atoms with Crippen molar-refractivity contribution in [3.8, 4) is 17.1 Å². The minimum absolute atomic E-state index is 0.120. The van der Waals surface area contributed by atoms with E-state index in [4.69, 9.17) is 10.6 Å². The van der Waals surface area contributed by atoms with Crippen LogP contribution in [0, 0.1) is 13.8 Å². The molecule has 146 valence electrons. The summed E-state index contributed by atoms with van der Waals surface area (Å²) in [5.41, 5.74) is 3.69. The zero-order valence-electron chi connectivity index (χ0n) is 16.1. The smallest absolute Gasteiger partial charge is 0.234 e. The molecule has 3 aromatic rings. The quantitative estimate of drug-likeness (QED) is 0.469. The van der Waals surface area contributed by atoms with Crippen molar-refractivity contribution in [2.24, 2.45) is 0 Å². The third kappa shape index (κ3) is 4.45. The van der Waals surface area contributed by atoms with Crippen LogP contribution in [0.2, 0.25) is 0 Å². The van der Waals surface area contributed by atoms with Gasteiger partial charge in [0, 0.05) is 11.3 Å². The highest BCUT2D eigenvalue weighted by Gasteiger charge is 2.15. The Morgan fingerprint density at radius 3 is 2.61 bits per heavy atom. The van der Waals surface area contributed by atoms with Gasteiger partial charge in [-0.15, -0.1) is 10.2 Å². The van der Waals surface area contributed by atoms with Crippen LogP contribution >= 0.6 is 11.8 Å². The number of carbonyl (C=O) groups excluding carboxylic acids is 1. The Morgan fingerprint density at radius 2 is 1.89 bits per heavy atom. The zero-order valence-corrected chi connectivity index (χ0v) is 16.9. The number of nitrogens with two attached hydrogens (primary N) is 1. The Morgan fingerprint density at radius 1 is 1.18 bits per heavy atom. The predicted molar refractivity (Wildman–Crippen MR) is 112 cm³/mol. The van der Waals surface area contributed by atoms with Gasteiger partial charge in [-0.1, -0.05) is 42.1 Å². The summed E-state index contributed by atoms with van der Waals surface area (Å²) in [6.07, 6.45) is 0. The van der Waals surface area contributed by atoms with Gasteiger partial charge < -0.3 is 15.9 Å². The molecule has 0 saturated carbocycles. The number of hydrogen-bond donors (Lipinski definition) is 2. The molecule has 0 saturated heterocycles. The molecule has 0 unspecified atom stereocenters. The minimum Gasteiger partial charge on any atom is -0.494 e. The fraction of sp³-hybridized carbons (Fsp3) is 0.250. The summed E-state index contributed by atoms with van der Waals surface area (Å²) in [5, 5.41) is 11.7. The average Bonchev–Trinajstić information content (AvgIpc) is 3.04. The Labute approximate surface area is 168 Å². The van der Waals surface area contributed by atoms with E-state index < -0.39 is 0 Å². The van der Waals surface area contributed by atoms with Gasteiger partial charge in [0.15, 0.2) is 5.82 Å². The second kappa shape index (κ2) is 8.79. The summed E-state index contributed by atoms with van der Waals surface area (Å²) in [6.45, 7) is 6.44. The molecule has 7 nitrogen and oxygen atoms in total. The lowest BCUT2D eigenvalue weighted by molar-refractivity contribution is -0.113. The fourth-order valence-electron chi connectivity index (χ4n) is 2.78. The van der Waals surface area contributed by atoms with Gasteiger partial charge >= 0.3 is 0 Å². The van der Waals surface area contributed by atoms with Gasteiger partial charge in [0.1, 0.15) is 5.75 Å². The van der Waals surface area contributed by atoms with Crippen LogP contribution in [0.15, 0.2) is 47.6 Å². The summed E-state index contributed by atoms with van der Waals surface area (Å²) in [6, 6.07) is 13.4. The molecular weight excluding hydrogens is 374 g/mol. The van der Waals surface area contributed by atoms with E-state index in [-0.39, 0.29) is 11.7 Å². The second-order valence-corrected chi connectivity index (χ2v) is 7.18. The normalized spacial score (nSPS) is 10.7. The number of para-hydroxylation sites is 1. The van der Waals surface area contributed by atoms with Gasteiger partial charge in [-0.2, -0.15) is 0 Å². The number of nitrogens with zero attached hydrogens (tertiary/aromatic N) is 3. The number of aromatic nitrogens is 3. The molecule has 8 heteroatoms. The number of thioether (sulfide) groups is 1. The lowest BCUT2D eigenvalue weighted by atomic mass is 10.1. The maximum atomic E-state index is 12.3. The maximum Gasteiger partial charge on any atom is 0.234 e. The van der Waals surface area contributed by atoms with Crippen LogP contribution in [0.4, 0.5) is 5.69 Å². The third-order valence-electron chi connectivity index (χ3n) is 4.15. The van der Waals surface area contributed by atoms with E-state index in [2.05, 4.69) is 15.5 Å². The van der Waals surface area contributed by atoms with Gasteiger partial charge in [-0.05, 0) is 44.0 Å². The summed E-state index contributed by atoms with van der Waals surface area (Å²) in [7, 11) is 0. The summed E-state index contributed by atoms with van der Waals surface area (Å²) in [5.74, 6) is 7.46. The number of rotatable bonds is 7. The Balaban J connectivity index is 1.68. The van der Waals surface area contributed by atoms with E-state index in [0.29, 0.717) is 17.6 Å². The Kier molecular flexibility index (Phi) is 6.20. The van der Waals surface area contributed by atoms with Gasteiger partial charge in [-0.3, -0.25) is 4.79 Å². The van der Waals surface area contributed by atoms with Crippen molar-refractivity contribution in [2.75, 3.05) is 23.5 Å². The molecule has 2 aromatic carbocycles. The number of ether oxygens (including phenoxy) is 1. The van der Waals surface area contributed by atoms with Gasteiger partial charge in [0.05, 0.1) is 12.4 Å². The monoisotopic (exact) mass is 397 g/mol. The standard InChI is InChI=1S/C20H23N5O2S/c1-4-27-16-10-6-9-15(11-16)19-23-24-20(25(19)21)28-12-17(26)22-18-13(2)7-5-8-14(18)3/h5-11H,4,12,21H2,1-3H3,(H,22,26). The van der Waals surface area contributed by atoms with Gasteiger partial charge in [0.2, 0.25) is 11.1 Å². The number of nitrogen functional groups attached to an aromatic ring is 1. The Hall–Kier alpha value is -3.00. The number of amides is 1. The van der Waals surface area contributed by atoms with Gasteiger partial charge in [0.25, 0.3) is 0 Å². The van der Waals surface area contributed by atoms with Crippen LogP contribution in [0.3, 0.4) is 0 Å². The van der Waals surface area contributed by atoms with Crippen LogP contribution in [0.25, 0.3) is 11.4 Å². The summed E-state index contributed by atoms with van der Waals surface area (Å²) >= 11 is 1.24. The van der Waals surface area contributed by atoms with E-state index in [1.165, 1.54) is 16.4 Å². The molecule has 0 aliphatic rings. The van der Waals surface area contributed by atoms with Crippen molar-refractivity contribution < 1.29 is 9.53 Å². The van der Waals surface area contributed by atoms with Crippen LogP contribution in [-0.4, -0.2) is 33.1 Å². The molecule has 0 spiro atoms. The molecule has 3 rings (SSSR count). The molecule has 0 aliphatic carbocycles. The summed E-state index contributed by atoms with van der Waals surface area (Å²) < 4.78 is 6.90. The highest BCUT2D eigenvalue weighted by Crippen LogP contribution is 2.25. The molecular formula is C20H23N5O2S. The van der Waals surface area contributed by atoms with E-state index in [0.717, 1.165) is 28.1 Å². The lowest BCUT2D eigenvalue weighted by Gasteiger charge is -2.11. The number of aryl methyl sites for hydroxylation is 2. The van der Waals surface area contributed by atoms with Crippen molar-refractivity contribution in [3.63, 3.8) is 0 Å². The largest absolute Gasteiger partial charge is 0.494 e. The number of benzene rings is 2. The molecule has 1 amide bonds. The molecule has 0 atom stereocenters. The predicted octanol–water partition coefficient (Wildman–Crippen LogP) is 3.41. The SMILES string of the molecule is CCOc1cccc(-c2nnc(SCC(=O)Nc3c(C)cccc3C)n2N)c1. The zero-order chi connectivity index (χ0) is 20.1. The molecule has 28 heavy (non-hydrogen) atoms. The number of carbonyl (C=O) groups is 1. The number of nitrogens with one attached hydrogen (secondary N) is 1. The van der Waals surface area contributed by atoms with E-state index in [1.807, 2.05) is 63.2 Å². The first-order valence-electron chi connectivity index (χ1n) is 8.92. The number of hydrogen-bond acceptors (Lipinski definition) is 6. The molecule has 3 N–H and O–H groups in total. The molecule has 1 heterocycles. The van der Waals surface area contributed by atoms with Crippen molar-refractivity contribution in [1.82, 2.24) is 14.9 Å². The minimum atomic E-state index is -0.120. The maximum absolute atomic E-state index is 12.3. The Bertz CT molecular complexity index is 966. The molecule has 0 fully saturated rings. The van der Waals surface area contributed by atoms with Crippen LogP contribution in [0.1, 0.15) is 18.1 Å². The third-order valence-corrected chi connectivity index (χ3v) is 5.09. The number of anilines is 1. The summed E-state index contributed by atoms with van der Waals surface area (Å²) in [4.78, 5) is 12.3. The van der Waals surface area contributed by atoms with E-state index in [9.17, 15) is 4.79 Å². The van der Waals surface area contributed by atoms with Gasteiger partial charge in [-0.25, -0.2) is 4.68 Å². The fourth-order valence-corrected chi connectivity index (χ4v) is 3.44. The molecule has 0 aliphatic heterocycles. The highest BCUT2D eigenvalue weighted by molar-refractivity contribution is 7.99.